The zero-order chi connectivity index (χ0) is 10.3. The number of nitrogens with two attached hydrogens (primary N) is 1. The van der Waals surface area contributed by atoms with Gasteiger partial charge in [0.25, 0.3) is 0 Å². The zero-order valence-corrected chi connectivity index (χ0v) is 9.04. The summed E-state index contributed by atoms with van der Waals surface area (Å²) in [6.45, 7) is 0. The second-order valence-corrected chi connectivity index (χ2v) is 4.29. The normalized spacial score (nSPS) is 19.4. The van der Waals surface area contributed by atoms with E-state index in [1.165, 1.54) is 0 Å². The summed E-state index contributed by atoms with van der Waals surface area (Å²) in [6, 6.07) is 3.25. The molecule has 14 heavy (non-hydrogen) atoms. The molecule has 0 saturated heterocycles. The molecule has 3 N–H and O–H groups in total. The van der Waals surface area contributed by atoms with Gasteiger partial charge in [0.15, 0.2) is 0 Å². The topological polar surface area (TPSA) is 63.3 Å². The third kappa shape index (κ3) is 1.35. The fraction of sp³-hybridized carbons (Fsp3) is 0.300. The molecule has 1 aliphatic rings. The third-order valence-corrected chi connectivity index (χ3v) is 3.35. The van der Waals surface area contributed by atoms with Crippen molar-refractivity contribution in [2.75, 3.05) is 0 Å². The van der Waals surface area contributed by atoms with E-state index in [2.05, 4.69) is 15.9 Å². The van der Waals surface area contributed by atoms with Gasteiger partial charge < -0.3 is 10.8 Å². The molecule has 0 spiro atoms. The fourth-order valence-electron chi connectivity index (χ4n) is 1.95. The molecule has 4 heteroatoms. The van der Waals surface area contributed by atoms with E-state index in [0.717, 1.165) is 28.4 Å². The highest BCUT2D eigenvalue weighted by Crippen LogP contribution is 2.36. The first-order valence-electron chi connectivity index (χ1n) is 4.41. The quantitative estimate of drug-likeness (QED) is 0.808. The lowest BCUT2D eigenvalue weighted by atomic mass is 10.0. The molecule has 1 aliphatic carbocycles. The summed E-state index contributed by atoms with van der Waals surface area (Å²) < 4.78 is 0.963. The van der Waals surface area contributed by atoms with Crippen LogP contribution >= 0.6 is 15.9 Å². The highest BCUT2D eigenvalue weighted by Gasteiger charge is 2.26. The van der Waals surface area contributed by atoms with Gasteiger partial charge in [-0.3, -0.25) is 0 Å². The fourth-order valence-corrected chi connectivity index (χ4v) is 2.49. The van der Waals surface area contributed by atoms with Crippen LogP contribution in [0.4, 0.5) is 0 Å². The van der Waals surface area contributed by atoms with Gasteiger partial charge in [0.1, 0.15) is 0 Å². The Hall–Kier alpha value is -0.870. The smallest absolute Gasteiger partial charge is 0.336 e. The molecule has 0 unspecified atom stereocenters. The number of aromatic carboxylic acids is 1. The number of carboxylic acids is 1. The van der Waals surface area contributed by atoms with Crippen LogP contribution < -0.4 is 5.73 Å². The van der Waals surface area contributed by atoms with E-state index in [1.54, 1.807) is 12.1 Å². The molecule has 0 aromatic heterocycles. The molecular formula is C10H10BrNO2. The molecule has 1 aromatic rings. The molecule has 0 heterocycles. The number of fused-ring (bicyclic) bond motifs is 1. The molecule has 0 aliphatic heterocycles. The average molecular weight is 256 g/mol. The van der Waals surface area contributed by atoms with Crippen LogP contribution in [0.2, 0.25) is 0 Å². The number of hydrogen-bond donors (Lipinski definition) is 2. The second kappa shape index (κ2) is 3.37. The highest BCUT2D eigenvalue weighted by molar-refractivity contribution is 9.10. The van der Waals surface area contributed by atoms with Gasteiger partial charge in [-0.1, -0.05) is 15.9 Å². The van der Waals surface area contributed by atoms with Crippen LogP contribution in [-0.2, 0) is 6.42 Å². The molecule has 1 atom stereocenters. The van der Waals surface area contributed by atoms with Gasteiger partial charge in [0.05, 0.1) is 5.56 Å². The van der Waals surface area contributed by atoms with E-state index in [1.807, 2.05) is 0 Å². The molecular weight excluding hydrogens is 246 g/mol. The van der Waals surface area contributed by atoms with Crippen molar-refractivity contribution in [1.82, 2.24) is 0 Å². The van der Waals surface area contributed by atoms with Gasteiger partial charge in [-0.25, -0.2) is 4.79 Å². The zero-order valence-electron chi connectivity index (χ0n) is 7.46. The lowest BCUT2D eigenvalue weighted by Crippen LogP contribution is -2.11. The predicted molar refractivity (Wildman–Crippen MR) is 56.4 cm³/mol. The number of benzene rings is 1. The second-order valence-electron chi connectivity index (χ2n) is 3.44. The Morgan fingerprint density at radius 3 is 2.93 bits per heavy atom. The van der Waals surface area contributed by atoms with Gasteiger partial charge in [-0.15, -0.1) is 0 Å². The van der Waals surface area contributed by atoms with E-state index in [-0.39, 0.29) is 6.04 Å². The maximum absolute atomic E-state index is 10.9. The number of rotatable bonds is 1. The Bertz CT molecular complexity index is 403. The highest BCUT2D eigenvalue weighted by atomic mass is 79.9. The summed E-state index contributed by atoms with van der Waals surface area (Å²) in [6.07, 6.45) is 1.69. The summed E-state index contributed by atoms with van der Waals surface area (Å²) in [5.41, 5.74) is 8.06. The van der Waals surface area contributed by atoms with E-state index in [0.29, 0.717) is 5.56 Å². The lowest BCUT2D eigenvalue weighted by molar-refractivity contribution is 0.0695. The van der Waals surface area contributed by atoms with Crippen LogP contribution in [0.15, 0.2) is 16.6 Å². The van der Waals surface area contributed by atoms with Gasteiger partial charge in [-0.2, -0.15) is 0 Å². The molecule has 0 radical (unpaired) electrons. The van der Waals surface area contributed by atoms with Crippen LogP contribution in [0.25, 0.3) is 0 Å². The van der Waals surface area contributed by atoms with Crippen molar-refractivity contribution in [1.29, 1.82) is 0 Å². The van der Waals surface area contributed by atoms with Crippen LogP contribution in [0.1, 0.15) is 33.9 Å². The van der Waals surface area contributed by atoms with Crippen molar-refractivity contribution in [2.24, 2.45) is 5.73 Å². The minimum Gasteiger partial charge on any atom is -0.478 e. The first-order chi connectivity index (χ1) is 6.61. The predicted octanol–water partition coefficient (Wildman–Crippen LogP) is 2.09. The standard InChI is InChI=1S/C10H10BrNO2/c11-7-3-1-6(10(13)14)9-5(7)2-4-8(9)12/h1,3,8H,2,4,12H2,(H,13,14)/t8-/m0/s1. The van der Waals surface area contributed by atoms with Crippen molar-refractivity contribution < 1.29 is 9.90 Å². The Labute approximate surface area is 90.0 Å². The van der Waals surface area contributed by atoms with Crippen LogP contribution in [0, 0.1) is 0 Å². The van der Waals surface area contributed by atoms with Crippen LogP contribution in [0.3, 0.4) is 0 Å². The average Bonchev–Trinajstić information content (AvgIpc) is 2.50. The van der Waals surface area contributed by atoms with Crippen molar-refractivity contribution in [3.8, 4) is 0 Å². The summed E-state index contributed by atoms with van der Waals surface area (Å²) in [4.78, 5) is 10.9. The molecule has 1 aromatic carbocycles. The van der Waals surface area contributed by atoms with Crippen LogP contribution in [-0.4, -0.2) is 11.1 Å². The maximum Gasteiger partial charge on any atom is 0.336 e. The maximum atomic E-state index is 10.9. The number of carbonyl (C=O) groups is 1. The lowest BCUT2D eigenvalue weighted by Gasteiger charge is -2.09. The van der Waals surface area contributed by atoms with Crippen LogP contribution in [0.5, 0.6) is 0 Å². The largest absolute Gasteiger partial charge is 0.478 e. The van der Waals surface area contributed by atoms with Crippen molar-refractivity contribution >= 4 is 21.9 Å². The number of hydrogen-bond acceptors (Lipinski definition) is 2. The van der Waals surface area contributed by atoms with Gasteiger partial charge in [0.2, 0.25) is 0 Å². The minimum atomic E-state index is -0.897. The van der Waals surface area contributed by atoms with E-state index in [9.17, 15) is 4.79 Å². The molecule has 74 valence electrons. The molecule has 0 saturated carbocycles. The van der Waals surface area contributed by atoms with Crippen molar-refractivity contribution in [3.05, 3.63) is 33.3 Å². The molecule has 0 bridgehead atoms. The SMILES string of the molecule is N[C@H]1CCc2c(Br)ccc(C(=O)O)c21. The molecule has 3 nitrogen and oxygen atoms in total. The Balaban J connectivity index is 2.66. The third-order valence-electron chi connectivity index (χ3n) is 2.61. The van der Waals surface area contributed by atoms with Crippen molar-refractivity contribution in [3.63, 3.8) is 0 Å². The van der Waals surface area contributed by atoms with Gasteiger partial charge in [0, 0.05) is 10.5 Å². The van der Waals surface area contributed by atoms with E-state index >= 15 is 0 Å². The first kappa shape index (κ1) is 9.68. The molecule has 0 fully saturated rings. The van der Waals surface area contributed by atoms with Crippen molar-refractivity contribution in [2.45, 2.75) is 18.9 Å². The number of halogens is 1. The van der Waals surface area contributed by atoms with Gasteiger partial charge in [-0.05, 0) is 36.1 Å². The van der Waals surface area contributed by atoms with E-state index in [4.69, 9.17) is 10.8 Å². The monoisotopic (exact) mass is 255 g/mol. The summed E-state index contributed by atoms with van der Waals surface area (Å²) >= 11 is 3.41. The minimum absolute atomic E-state index is 0.131. The van der Waals surface area contributed by atoms with E-state index < -0.39 is 5.97 Å². The Morgan fingerprint density at radius 2 is 2.29 bits per heavy atom. The molecule has 2 rings (SSSR count). The Morgan fingerprint density at radius 1 is 1.57 bits per heavy atom. The summed E-state index contributed by atoms with van der Waals surface area (Å²) in [7, 11) is 0. The summed E-state index contributed by atoms with van der Waals surface area (Å²) in [5.74, 6) is -0.897. The number of carboxylic acid groups (broad SMARTS) is 1. The first-order valence-corrected chi connectivity index (χ1v) is 5.20. The van der Waals surface area contributed by atoms with Gasteiger partial charge >= 0.3 is 5.97 Å². The Kier molecular flexibility index (Phi) is 2.33. The molecule has 0 amide bonds. The summed E-state index contributed by atoms with van der Waals surface area (Å²) in [5, 5.41) is 8.99.